The van der Waals surface area contributed by atoms with Crippen LogP contribution in [-0.4, -0.2) is 15.9 Å². The molecule has 1 heterocycles. The number of para-hydroxylation sites is 1. The van der Waals surface area contributed by atoms with Crippen LogP contribution in [0.2, 0.25) is 0 Å². The van der Waals surface area contributed by atoms with E-state index in [0.29, 0.717) is 11.5 Å². The van der Waals surface area contributed by atoms with Gasteiger partial charge in [-0.1, -0.05) is 12.1 Å². The number of phenols is 1. The van der Waals surface area contributed by atoms with Gasteiger partial charge in [0, 0.05) is 6.07 Å². The lowest BCUT2D eigenvalue weighted by Gasteiger charge is -2.06. The molecule has 0 radical (unpaired) electrons. The molecule has 27 heavy (non-hydrogen) atoms. The molecule has 0 unspecified atom stereocenters. The average molecular weight is 433 g/mol. The molecule has 0 aliphatic carbocycles. The van der Waals surface area contributed by atoms with E-state index in [1.807, 2.05) is 18.2 Å². The lowest BCUT2D eigenvalue weighted by atomic mass is 10.2. The molecule has 9 heteroatoms. The number of carbonyl (C=O) groups excluding carboxylic acids is 1. The molecule has 0 aliphatic rings. The molecule has 3 aromatic rings. The zero-order valence-electron chi connectivity index (χ0n) is 13.7. The number of nitro benzene ring substituents is 1. The first-order valence-electron chi connectivity index (χ1n) is 7.69. The van der Waals surface area contributed by atoms with Gasteiger partial charge in [-0.25, -0.2) is 0 Å². The van der Waals surface area contributed by atoms with Gasteiger partial charge in [-0.05, 0) is 46.3 Å². The number of phenolic OH excluding ortho intramolecular Hbond substituents is 1. The molecule has 0 bridgehead atoms. The predicted molar refractivity (Wildman–Crippen MR) is 99.9 cm³/mol. The summed E-state index contributed by atoms with van der Waals surface area (Å²) in [4.78, 5) is 22.3. The minimum atomic E-state index is -0.644. The molecule has 0 saturated heterocycles. The zero-order chi connectivity index (χ0) is 19.4. The zero-order valence-corrected chi connectivity index (χ0v) is 15.3. The highest BCUT2D eigenvalue weighted by molar-refractivity contribution is 9.10. The van der Waals surface area contributed by atoms with Gasteiger partial charge < -0.3 is 19.6 Å². The molecule has 8 nitrogen and oxygen atoms in total. The Morgan fingerprint density at radius 3 is 2.70 bits per heavy atom. The SMILES string of the molecule is O=C(Nc1ccc([N+](=O)[O-])cc1O)c1ccc(COc2ccccc2Br)o1. The van der Waals surface area contributed by atoms with E-state index in [0.717, 1.165) is 10.5 Å². The van der Waals surface area contributed by atoms with Crippen LogP contribution in [0.25, 0.3) is 0 Å². The van der Waals surface area contributed by atoms with Gasteiger partial charge in [0.25, 0.3) is 11.6 Å². The van der Waals surface area contributed by atoms with Crippen molar-refractivity contribution in [2.24, 2.45) is 0 Å². The Morgan fingerprint density at radius 1 is 1.22 bits per heavy atom. The first-order valence-corrected chi connectivity index (χ1v) is 8.48. The number of benzene rings is 2. The number of anilines is 1. The van der Waals surface area contributed by atoms with E-state index in [1.54, 1.807) is 12.1 Å². The van der Waals surface area contributed by atoms with E-state index >= 15 is 0 Å². The second kappa shape index (κ2) is 7.92. The Morgan fingerprint density at radius 2 is 2.00 bits per heavy atom. The van der Waals surface area contributed by atoms with E-state index < -0.39 is 16.6 Å². The van der Waals surface area contributed by atoms with Crippen LogP contribution in [0.1, 0.15) is 16.3 Å². The van der Waals surface area contributed by atoms with E-state index in [9.17, 15) is 20.0 Å². The third-order valence-corrected chi connectivity index (χ3v) is 4.19. The molecule has 138 valence electrons. The fraction of sp³-hybridized carbons (Fsp3) is 0.0556. The van der Waals surface area contributed by atoms with Crippen LogP contribution in [0.5, 0.6) is 11.5 Å². The van der Waals surface area contributed by atoms with Crippen LogP contribution in [0.3, 0.4) is 0 Å². The maximum Gasteiger partial charge on any atom is 0.291 e. The fourth-order valence-corrected chi connectivity index (χ4v) is 2.61. The van der Waals surface area contributed by atoms with Crippen LogP contribution in [0.15, 0.2) is 63.5 Å². The van der Waals surface area contributed by atoms with Crippen LogP contribution in [0.4, 0.5) is 11.4 Å². The number of nitrogens with one attached hydrogen (secondary N) is 1. The van der Waals surface area contributed by atoms with E-state index in [2.05, 4.69) is 21.2 Å². The molecule has 0 saturated carbocycles. The number of non-ortho nitro benzene ring substituents is 1. The highest BCUT2D eigenvalue weighted by Crippen LogP contribution is 2.28. The minimum Gasteiger partial charge on any atom is -0.506 e. The van der Waals surface area contributed by atoms with Crippen molar-refractivity contribution in [1.29, 1.82) is 0 Å². The summed E-state index contributed by atoms with van der Waals surface area (Å²) in [5.41, 5.74) is -0.247. The lowest BCUT2D eigenvalue weighted by molar-refractivity contribution is -0.384. The highest BCUT2D eigenvalue weighted by Gasteiger charge is 2.16. The van der Waals surface area contributed by atoms with Crippen molar-refractivity contribution in [2.45, 2.75) is 6.61 Å². The van der Waals surface area contributed by atoms with Gasteiger partial charge in [0.2, 0.25) is 0 Å². The number of ether oxygens (including phenoxy) is 1. The van der Waals surface area contributed by atoms with Crippen molar-refractivity contribution < 1.29 is 24.0 Å². The quantitative estimate of drug-likeness (QED) is 0.336. The summed E-state index contributed by atoms with van der Waals surface area (Å²) in [5.74, 6) is 0.0610. The van der Waals surface area contributed by atoms with Gasteiger partial charge in [0.15, 0.2) is 5.76 Å². The number of halogens is 1. The molecule has 2 N–H and O–H groups in total. The summed E-state index contributed by atoms with van der Waals surface area (Å²) < 4.78 is 11.8. The van der Waals surface area contributed by atoms with Crippen molar-refractivity contribution in [3.8, 4) is 11.5 Å². The van der Waals surface area contributed by atoms with Gasteiger partial charge in [-0.3, -0.25) is 14.9 Å². The second-order valence-electron chi connectivity index (χ2n) is 5.40. The summed E-state index contributed by atoms with van der Waals surface area (Å²) >= 11 is 3.37. The van der Waals surface area contributed by atoms with Gasteiger partial charge in [0.1, 0.15) is 23.9 Å². The van der Waals surface area contributed by atoms with Crippen LogP contribution >= 0.6 is 15.9 Å². The molecule has 0 atom stereocenters. The number of carbonyl (C=O) groups is 1. The van der Waals surface area contributed by atoms with Gasteiger partial charge >= 0.3 is 0 Å². The number of hydrogen-bond acceptors (Lipinski definition) is 6. The number of furan rings is 1. The largest absolute Gasteiger partial charge is 0.506 e. The number of nitro groups is 1. The highest BCUT2D eigenvalue weighted by atomic mass is 79.9. The molecule has 0 fully saturated rings. The Kier molecular flexibility index (Phi) is 5.41. The molecular weight excluding hydrogens is 420 g/mol. The van der Waals surface area contributed by atoms with Gasteiger partial charge in [-0.2, -0.15) is 0 Å². The summed E-state index contributed by atoms with van der Waals surface area (Å²) in [6.45, 7) is 0.124. The predicted octanol–water partition coefficient (Wildman–Crippen LogP) is 4.49. The monoisotopic (exact) mass is 432 g/mol. The third kappa shape index (κ3) is 4.45. The molecular formula is C18H13BrN2O6. The maximum absolute atomic E-state index is 12.2. The minimum absolute atomic E-state index is 0.0125. The van der Waals surface area contributed by atoms with Crippen molar-refractivity contribution in [3.63, 3.8) is 0 Å². The Bertz CT molecular complexity index is 1000. The van der Waals surface area contributed by atoms with E-state index in [-0.39, 0.29) is 23.7 Å². The van der Waals surface area contributed by atoms with E-state index in [4.69, 9.17) is 9.15 Å². The van der Waals surface area contributed by atoms with Crippen LogP contribution < -0.4 is 10.1 Å². The van der Waals surface area contributed by atoms with Crippen LogP contribution in [-0.2, 0) is 6.61 Å². The lowest BCUT2D eigenvalue weighted by Crippen LogP contribution is -2.11. The van der Waals surface area contributed by atoms with Gasteiger partial charge in [-0.15, -0.1) is 0 Å². The van der Waals surface area contributed by atoms with Crippen molar-refractivity contribution in [1.82, 2.24) is 0 Å². The van der Waals surface area contributed by atoms with Crippen LogP contribution in [0, 0.1) is 10.1 Å². The Balaban J connectivity index is 1.65. The standard InChI is InChI=1S/C18H13BrN2O6/c19-13-3-1-2-4-16(13)26-10-12-6-8-17(27-12)18(23)20-14-7-5-11(21(24)25)9-15(14)22/h1-9,22H,10H2,(H,20,23). The molecule has 1 amide bonds. The van der Waals surface area contributed by atoms with Gasteiger partial charge in [0.05, 0.1) is 21.1 Å². The molecule has 0 aliphatic heterocycles. The van der Waals surface area contributed by atoms with Crippen molar-refractivity contribution in [3.05, 3.63) is 80.7 Å². The third-order valence-electron chi connectivity index (χ3n) is 3.53. The molecule has 2 aromatic carbocycles. The normalized spacial score (nSPS) is 10.4. The summed E-state index contributed by atoms with van der Waals surface area (Å²) in [6.07, 6.45) is 0. The number of hydrogen-bond donors (Lipinski definition) is 2. The average Bonchev–Trinajstić information content (AvgIpc) is 3.11. The molecule has 0 spiro atoms. The number of amides is 1. The number of rotatable bonds is 6. The van der Waals surface area contributed by atoms with E-state index in [1.165, 1.54) is 18.2 Å². The topological polar surface area (TPSA) is 115 Å². The molecule has 1 aromatic heterocycles. The smallest absolute Gasteiger partial charge is 0.291 e. The first-order chi connectivity index (χ1) is 12.9. The van der Waals surface area contributed by atoms with Crippen molar-refractivity contribution >= 4 is 33.2 Å². The fourth-order valence-electron chi connectivity index (χ4n) is 2.21. The maximum atomic E-state index is 12.2. The first kappa shape index (κ1) is 18.5. The summed E-state index contributed by atoms with van der Waals surface area (Å²) in [6, 6.07) is 13.8. The summed E-state index contributed by atoms with van der Waals surface area (Å²) in [7, 11) is 0. The molecule has 3 rings (SSSR count). The summed E-state index contributed by atoms with van der Waals surface area (Å²) in [5, 5.41) is 22.9. The van der Waals surface area contributed by atoms with Crippen molar-refractivity contribution in [2.75, 3.05) is 5.32 Å². The second-order valence-corrected chi connectivity index (χ2v) is 6.25. The Labute approximate surface area is 161 Å². The number of aromatic hydroxyl groups is 1. The number of nitrogens with zero attached hydrogens (tertiary/aromatic N) is 1. The Hall–Kier alpha value is -3.33.